The van der Waals surface area contributed by atoms with Gasteiger partial charge < -0.3 is 5.73 Å². The number of halogens is 1. The van der Waals surface area contributed by atoms with Crippen LogP contribution in [0.2, 0.25) is 0 Å². The van der Waals surface area contributed by atoms with Crippen molar-refractivity contribution in [3.8, 4) is 0 Å². The molecular formula is C7H12ClN. The Labute approximate surface area is 61.4 Å². The van der Waals surface area contributed by atoms with E-state index in [4.69, 9.17) is 5.73 Å². The monoisotopic (exact) mass is 145 g/mol. The van der Waals surface area contributed by atoms with E-state index in [0.717, 1.165) is 23.7 Å². The molecule has 0 amide bonds. The van der Waals surface area contributed by atoms with Crippen LogP contribution in [0.3, 0.4) is 0 Å². The zero-order chi connectivity index (χ0) is 5.30. The number of hydrogen-bond donors (Lipinski definition) is 1. The normalized spacial score (nSPS) is 65.7. The van der Waals surface area contributed by atoms with Gasteiger partial charge in [-0.25, -0.2) is 0 Å². The Bertz CT molecular complexity index is 134. The predicted octanol–water partition coefficient (Wildman–Crippen LogP) is 1.02. The first-order valence-corrected chi connectivity index (χ1v) is 3.63. The minimum absolute atomic E-state index is 0. The molecule has 52 valence electrons. The van der Waals surface area contributed by atoms with Crippen molar-refractivity contribution in [1.29, 1.82) is 0 Å². The summed E-state index contributed by atoms with van der Waals surface area (Å²) in [5.41, 5.74) is 5.91. The molecule has 3 unspecified atom stereocenters. The highest BCUT2D eigenvalue weighted by atomic mass is 35.5. The van der Waals surface area contributed by atoms with Crippen molar-refractivity contribution < 1.29 is 0 Å². The summed E-state index contributed by atoms with van der Waals surface area (Å²) in [6, 6.07) is 0.630. The smallest absolute Gasteiger partial charge is 0.0101 e. The molecule has 0 aromatic heterocycles. The summed E-state index contributed by atoms with van der Waals surface area (Å²) in [7, 11) is 0. The molecule has 1 nitrogen and oxygen atoms in total. The quantitative estimate of drug-likeness (QED) is 0.541. The van der Waals surface area contributed by atoms with Crippen molar-refractivity contribution in [2.24, 2.45) is 29.4 Å². The maximum Gasteiger partial charge on any atom is 0.0101 e. The van der Waals surface area contributed by atoms with Crippen LogP contribution in [0, 0.1) is 23.7 Å². The van der Waals surface area contributed by atoms with Gasteiger partial charge in [-0.3, -0.25) is 0 Å². The molecule has 0 saturated heterocycles. The second kappa shape index (κ2) is 1.46. The maximum absolute atomic E-state index is 5.91. The van der Waals surface area contributed by atoms with Crippen LogP contribution in [0.15, 0.2) is 0 Å². The van der Waals surface area contributed by atoms with Crippen molar-refractivity contribution in [2.75, 3.05) is 0 Å². The standard InChI is InChI=1S/C7H11N.ClH/c8-7-3-1-4-5(2-3)6(4)7;/h3-7H,1-2,8H2;1H. The SMILES string of the molecule is Cl.NC1C2CC3C(C2)C13. The molecule has 4 aliphatic carbocycles. The van der Waals surface area contributed by atoms with Gasteiger partial charge in [0.1, 0.15) is 0 Å². The molecule has 0 aliphatic heterocycles. The summed E-state index contributed by atoms with van der Waals surface area (Å²) in [6.45, 7) is 0. The molecular weight excluding hydrogens is 134 g/mol. The summed E-state index contributed by atoms with van der Waals surface area (Å²) in [6.07, 6.45) is 2.97. The Morgan fingerprint density at radius 1 is 1.11 bits per heavy atom. The lowest BCUT2D eigenvalue weighted by molar-refractivity contribution is 0.523. The Balaban J connectivity index is 0.000000333. The van der Waals surface area contributed by atoms with Gasteiger partial charge in [-0.2, -0.15) is 0 Å². The van der Waals surface area contributed by atoms with Crippen LogP contribution >= 0.6 is 12.4 Å². The molecule has 4 aliphatic rings. The van der Waals surface area contributed by atoms with E-state index in [2.05, 4.69) is 0 Å². The fraction of sp³-hybridized carbons (Fsp3) is 1.00. The average Bonchev–Trinajstić information content (AvgIpc) is 2.23. The Morgan fingerprint density at radius 3 is 1.78 bits per heavy atom. The molecule has 0 heterocycles. The third-order valence-electron chi connectivity index (χ3n) is 3.54. The van der Waals surface area contributed by atoms with Gasteiger partial charge in [0.25, 0.3) is 0 Å². The van der Waals surface area contributed by atoms with Crippen molar-refractivity contribution in [3.63, 3.8) is 0 Å². The second-order valence-electron chi connectivity index (χ2n) is 3.71. The van der Waals surface area contributed by atoms with Gasteiger partial charge in [-0.05, 0) is 36.5 Å². The van der Waals surface area contributed by atoms with E-state index in [1.807, 2.05) is 0 Å². The number of hydrogen-bond acceptors (Lipinski definition) is 1. The van der Waals surface area contributed by atoms with Gasteiger partial charge in [0.2, 0.25) is 0 Å². The Kier molecular flexibility index (Phi) is 0.970. The van der Waals surface area contributed by atoms with E-state index >= 15 is 0 Å². The predicted molar refractivity (Wildman–Crippen MR) is 38.4 cm³/mol. The topological polar surface area (TPSA) is 26.0 Å². The van der Waals surface area contributed by atoms with Gasteiger partial charge in [0, 0.05) is 6.04 Å². The van der Waals surface area contributed by atoms with Crippen LogP contribution in [0.1, 0.15) is 12.8 Å². The fourth-order valence-corrected chi connectivity index (χ4v) is 3.13. The first kappa shape index (κ1) is 5.99. The minimum Gasteiger partial charge on any atom is -0.327 e. The molecule has 2 heteroatoms. The molecule has 4 fully saturated rings. The van der Waals surface area contributed by atoms with Crippen LogP contribution < -0.4 is 5.73 Å². The molecule has 0 spiro atoms. The first-order valence-electron chi connectivity index (χ1n) is 3.63. The van der Waals surface area contributed by atoms with Crippen LogP contribution in [-0.4, -0.2) is 6.04 Å². The Morgan fingerprint density at radius 2 is 1.67 bits per heavy atom. The number of rotatable bonds is 0. The lowest BCUT2D eigenvalue weighted by Crippen LogP contribution is -2.23. The largest absolute Gasteiger partial charge is 0.327 e. The van der Waals surface area contributed by atoms with Crippen molar-refractivity contribution in [2.45, 2.75) is 18.9 Å². The molecule has 0 radical (unpaired) electrons. The summed E-state index contributed by atoms with van der Waals surface area (Å²) < 4.78 is 0. The summed E-state index contributed by atoms with van der Waals surface area (Å²) in [5.74, 6) is 4.17. The average molecular weight is 146 g/mol. The second-order valence-corrected chi connectivity index (χ2v) is 3.71. The highest BCUT2D eigenvalue weighted by Gasteiger charge is 2.67. The van der Waals surface area contributed by atoms with Gasteiger partial charge in [-0.15, -0.1) is 12.4 Å². The maximum atomic E-state index is 5.91. The van der Waals surface area contributed by atoms with Gasteiger partial charge in [-0.1, -0.05) is 0 Å². The first-order chi connectivity index (χ1) is 3.88. The molecule has 0 aromatic rings. The van der Waals surface area contributed by atoms with Crippen LogP contribution in [0.25, 0.3) is 0 Å². The van der Waals surface area contributed by atoms with Gasteiger partial charge >= 0.3 is 0 Å². The van der Waals surface area contributed by atoms with E-state index in [0.29, 0.717) is 6.04 Å². The lowest BCUT2D eigenvalue weighted by Gasteiger charge is -2.04. The fourth-order valence-electron chi connectivity index (χ4n) is 3.13. The van der Waals surface area contributed by atoms with Crippen LogP contribution in [0.4, 0.5) is 0 Å². The third-order valence-corrected chi connectivity index (χ3v) is 3.54. The van der Waals surface area contributed by atoms with E-state index in [9.17, 15) is 0 Å². The van der Waals surface area contributed by atoms with E-state index in [1.54, 1.807) is 0 Å². The zero-order valence-corrected chi connectivity index (χ0v) is 6.10. The lowest BCUT2D eigenvalue weighted by atomic mass is 10.1. The molecule has 4 rings (SSSR count). The van der Waals surface area contributed by atoms with Crippen molar-refractivity contribution >= 4 is 12.4 Å². The number of nitrogens with two attached hydrogens (primary N) is 1. The van der Waals surface area contributed by atoms with Gasteiger partial charge in [0.05, 0.1) is 0 Å². The molecule has 9 heavy (non-hydrogen) atoms. The summed E-state index contributed by atoms with van der Waals surface area (Å²) in [4.78, 5) is 0. The van der Waals surface area contributed by atoms with Crippen LogP contribution in [0.5, 0.6) is 0 Å². The van der Waals surface area contributed by atoms with E-state index in [-0.39, 0.29) is 12.4 Å². The Hall–Kier alpha value is 0.250. The van der Waals surface area contributed by atoms with Gasteiger partial charge in [0.15, 0.2) is 0 Å². The molecule has 3 atom stereocenters. The summed E-state index contributed by atoms with van der Waals surface area (Å²) >= 11 is 0. The zero-order valence-electron chi connectivity index (χ0n) is 5.29. The third kappa shape index (κ3) is 0.468. The van der Waals surface area contributed by atoms with Crippen LogP contribution in [-0.2, 0) is 0 Å². The molecule has 4 bridgehead atoms. The van der Waals surface area contributed by atoms with E-state index in [1.165, 1.54) is 12.8 Å². The highest BCUT2D eigenvalue weighted by Crippen LogP contribution is 2.69. The highest BCUT2D eigenvalue weighted by molar-refractivity contribution is 5.85. The van der Waals surface area contributed by atoms with Crippen molar-refractivity contribution in [3.05, 3.63) is 0 Å². The minimum atomic E-state index is 0. The molecule has 4 saturated carbocycles. The van der Waals surface area contributed by atoms with E-state index < -0.39 is 0 Å². The van der Waals surface area contributed by atoms with Crippen molar-refractivity contribution in [1.82, 2.24) is 0 Å². The molecule has 2 N–H and O–H groups in total. The molecule has 0 aromatic carbocycles. The summed E-state index contributed by atoms with van der Waals surface area (Å²) in [5, 5.41) is 0.